The van der Waals surface area contributed by atoms with E-state index in [9.17, 15) is 4.79 Å². The molecule has 6 heteroatoms. The van der Waals surface area contributed by atoms with E-state index in [0.29, 0.717) is 18.5 Å². The fourth-order valence-corrected chi connectivity index (χ4v) is 4.44. The molecule has 2 atom stereocenters. The molecule has 0 spiro atoms. The highest BCUT2D eigenvalue weighted by Crippen LogP contribution is 2.29. The standard InChI is InChI=1S/C21H29N5O/c1-16-20(23-15-22-16)13-25-10-17-8-9-19(12-25)26(11-17)21(27)14-24(2)18-6-4-3-5-7-18/h3-7,15,17,19H,8-14H2,1-2H3,(H,22,23)/t17-,19+/m0/s1. The van der Waals surface area contributed by atoms with Gasteiger partial charge in [0, 0.05) is 50.6 Å². The maximum absolute atomic E-state index is 13.1. The molecule has 0 unspecified atom stereocenters. The Balaban J connectivity index is 1.41. The number of carbonyl (C=O) groups excluding carboxylic acids is 1. The van der Waals surface area contributed by atoms with E-state index in [1.54, 1.807) is 6.33 Å². The first-order valence-corrected chi connectivity index (χ1v) is 9.87. The largest absolute Gasteiger partial charge is 0.365 e. The Morgan fingerprint density at radius 3 is 2.78 bits per heavy atom. The number of amides is 1. The van der Waals surface area contributed by atoms with Crippen LogP contribution in [0.4, 0.5) is 5.69 Å². The van der Waals surface area contributed by atoms with Gasteiger partial charge >= 0.3 is 0 Å². The second-order valence-corrected chi connectivity index (χ2v) is 8.00. The Kier molecular flexibility index (Phi) is 5.16. The van der Waals surface area contributed by atoms with Crippen molar-refractivity contribution in [2.75, 3.05) is 38.1 Å². The minimum absolute atomic E-state index is 0.244. The Hall–Kier alpha value is -2.34. The number of hydrogen-bond donors (Lipinski definition) is 1. The molecule has 144 valence electrons. The van der Waals surface area contributed by atoms with Gasteiger partial charge in [-0.3, -0.25) is 9.69 Å². The van der Waals surface area contributed by atoms with Crippen LogP contribution in [0.5, 0.6) is 0 Å². The van der Waals surface area contributed by atoms with Gasteiger partial charge in [-0.1, -0.05) is 18.2 Å². The number of benzene rings is 1. The van der Waals surface area contributed by atoms with Crippen molar-refractivity contribution in [1.82, 2.24) is 19.8 Å². The number of anilines is 1. The molecule has 4 heterocycles. The number of hydrogen-bond acceptors (Lipinski definition) is 4. The van der Waals surface area contributed by atoms with E-state index >= 15 is 0 Å². The van der Waals surface area contributed by atoms with Crippen molar-refractivity contribution in [3.63, 3.8) is 0 Å². The van der Waals surface area contributed by atoms with Crippen LogP contribution in [0.2, 0.25) is 0 Å². The van der Waals surface area contributed by atoms with Crippen LogP contribution < -0.4 is 4.90 Å². The molecular weight excluding hydrogens is 338 g/mol. The zero-order valence-electron chi connectivity index (χ0n) is 16.3. The van der Waals surface area contributed by atoms with Gasteiger partial charge in [0.2, 0.25) is 5.91 Å². The highest BCUT2D eigenvalue weighted by Gasteiger charge is 2.37. The Bertz CT molecular complexity index is 774. The van der Waals surface area contributed by atoms with E-state index < -0.39 is 0 Å². The monoisotopic (exact) mass is 367 g/mol. The number of imidazole rings is 1. The van der Waals surface area contributed by atoms with Gasteiger partial charge in [-0.2, -0.15) is 0 Å². The van der Waals surface area contributed by atoms with Gasteiger partial charge in [-0.25, -0.2) is 4.98 Å². The van der Waals surface area contributed by atoms with Gasteiger partial charge in [-0.15, -0.1) is 0 Å². The quantitative estimate of drug-likeness (QED) is 0.881. The number of fused-ring (bicyclic) bond motifs is 4. The fraction of sp³-hybridized carbons (Fsp3) is 0.524. The molecule has 1 amide bonds. The molecule has 2 bridgehead atoms. The van der Waals surface area contributed by atoms with E-state index in [-0.39, 0.29) is 5.91 Å². The van der Waals surface area contributed by atoms with Crippen molar-refractivity contribution in [3.05, 3.63) is 48.0 Å². The molecule has 3 saturated heterocycles. The summed E-state index contributed by atoms with van der Waals surface area (Å²) in [6.45, 7) is 6.27. The second kappa shape index (κ2) is 7.72. The second-order valence-electron chi connectivity index (χ2n) is 8.00. The number of rotatable bonds is 5. The summed E-state index contributed by atoms with van der Waals surface area (Å²) in [5.41, 5.74) is 3.35. The van der Waals surface area contributed by atoms with Crippen LogP contribution in [0.15, 0.2) is 36.7 Å². The molecule has 6 nitrogen and oxygen atoms in total. The normalized spacial score (nSPS) is 22.7. The molecular formula is C21H29N5O. The van der Waals surface area contributed by atoms with Crippen molar-refractivity contribution in [1.29, 1.82) is 0 Å². The topological polar surface area (TPSA) is 55.5 Å². The third-order valence-corrected chi connectivity index (χ3v) is 5.99. The number of carbonyl (C=O) groups is 1. The smallest absolute Gasteiger partial charge is 0.242 e. The lowest BCUT2D eigenvalue weighted by Gasteiger charge is -2.37. The summed E-state index contributed by atoms with van der Waals surface area (Å²) in [5, 5.41) is 0. The first-order chi connectivity index (χ1) is 13.1. The number of nitrogens with one attached hydrogen (secondary N) is 1. The maximum atomic E-state index is 13.1. The highest BCUT2D eigenvalue weighted by atomic mass is 16.2. The Morgan fingerprint density at radius 2 is 2.04 bits per heavy atom. The lowest BCUT2D eigenvalue weighted by Crippen LogP contribution is -2.50. The summed E-state index contributed by atoms with van der Waals surface area (Å²) in [6, 6.07) is 10.5. The lowest BCUT2D eigenvalue weighted by molar-refractivity contribution is -0.133. The molecule has 0 aliphatic carbocycles. The van der Waals surface area contributed by atoms with Gasteiger partial charge in [0.25, 0.3) is 0 Å². The number of likely N-dealkylation sites (N-methyl/N-ethyl adjacent to an activating group) is 1. The third kappa shape index (κ3) is 4.00. The van der Waals surface area contributed by atoms with Crippen molar-refractivity contribution in [2.45, 2.75) is 32.4 Å². The highest BCUT2D eigenvalue weighted by molar-refractivity contribution is 5.81. The van der Waals surface area contributed by atoms with E-state index in [2.05, 4.69) is 38.8 Å². The summed E-state index contributed by atoms with van der Waals surface area (Å²) in [4.78, 5) is 27.3. The number of para-hydroxylation sites is 1. The minimum Gasteiger partial charge on any atom is -0.365 e. The fourth-order valence-electron chi connectivity index (χ4n) is 4.44. The molecule has 1 aromatic heterocycles. The van der Waals surface area contributed by atoms with Crippen LogP contribution in [0.25, 0.3) is 0 Å². The number of H-pyrrole nitrogens is 1. The molecule has 2 aromatic rings. The predicted molar refractivity (Wildman–Crippen MR) is 107 cm³/mol. The van der Waals surface area contributed by atoms with Gasteiger partial charge in [0.1, 0.15) is 0 Å². The number of aryl methyl sites for hydroxylation is 1. The number of nitrogens with zero attached hydrogens (tertiary/aromatic N) is 4. The summed E-state index contributed by atoms with van der Waals surface area (Å²) in [7, 11) is 2.00. The zero-order valence-corrected chi connectivity index (χ0v) is 16.3. The molecule has 3 aliphatic rings. The van der Waals surface area contributed by atoms with Crippen molar-refractivity contribution in [3.8, 4) is 0 Å². The van der Waals surface area contributed by atoms with Gasteiger partial charge in [-0.05, 0) is 37.8 Å². The number of aromatic amines is 1. The molecule has 0 radical (unpaired) electrons. The van der Waals surface area contributed by atoms with E-state index in [4.69, 9.17) is 0 Å². The van der Waals surface area contributed by atoms with Crippen LogP contribution in [0.3, 0.4) is 0 Å². The maximum Gasteiger partial charge on any atom is 0.242 e. The summed E-state index contributed by atoms with van der Waals surface area (Å²) < 4.78 is 0. The zero-order chi connectivity index (χ0) is 18.8. The first-order valence-electron chi connectivity index (χ1n) is 9.87. The molecule has 1 aromatic carbocycles. The average Bonchev–Trinajstić information content (AvgIpc) is 2.89. The van der Waals surface area contributed by atoms with Gasteiger partial charge in [0.05, 0.1) is 18.6 Å². The van der Waals surface area contributed by atoms with Gasteiger partial charge < -0.3 is 14.8 Å². The SMILES string of the molecule is Cc1[nH]cnc1CN1C[C@@H]2CC[C@H](C1)N(C(=O)CN(C)c1ccccc1)C2. The Labute approximate surface area is 161 Å². The summed E-state index contributed by atoms with van der Waals surface area (Å²) >= 11 is 0. The summed E-state index contributed by atoms with van der Waals surface area (Å²) in [6.07, 6.45) is 4.10. The van der Waals surface area contributed by atoms with Crippen LogP contribution in [-0.4, -0.2) is 64.9 Å². The molecule has 3 aliphatic heterocycles. The summed E-state index contributed by atoms with van der Waals surface area (Å²) in [5.74, 6) is 0.808. The van der Waals surface area contributed by atoms with Crippen LogP contribution in [-0.2, 0) is 11.3 Å². The minimum atomic E-state index is 0.244. The molecule has 0 saturated carbocycles. The van der Waals surface area contributed by atoms with Crippen LogP contribution >= 0.6 is 0 Å². The van der Waals surface area contributed by atoms with Crippen LogP contribution in [0.1, 0.15) is 24.2 Å². The average molecular weight is 367 g/mol. The van der Waals surface area contributed by atoms with Gasteiger partial charge in [0.15, 0.2) is 0 Å². The van der Waals surface area contributed by atoms with E-state index in [1.165, 1.54) is 6.42 Å². The van der Waals surface area contributed by atoms with Crippen molar-refractivity contribution < 1.29 is 4.79 Å². The predicted octanol–water partition coefficient (Wildman–Crippen LogP) is 2.28. The van der Waals surface area contributed by atoms with E-state index in [0.717, 1.165) is 49.7 Å². The lowest BCUT2D eigenvalue weighted by atomic mass is 9.95. The van der Waals surface area contributed by atoms with Crippen molar-refractivity contribution in [2.24, 2.45) is 5.92 Å². The van der Waals surface area contributed by atoms with Crippen LogP contribution in [0, 0.1) is 12.8 Å². The first kappa shape index (κ1) is 18.0. The number of aromatic nitrogens is 2. The van der Waals surface area contributed by atoms with Crippen molar-refractivity contribution >= 4 is 11.6 Å². The van der Waals surface area contributed by atoms with E-state index in [1.807, 2.05) is 30.1 Å². The molecule has 3 fully saturated rings. The molecule has 1 N–H and O–H groups in total. The Morgan fingerprint density at radius 1 is 1.22 bits per heavy atom. The molecule has 27 heavy (non-hydrogen) atoms. The molecule has 5 rings (SSSR count). The third-order valence-electron chi connectivity index (χ3n) is 5.99. The number of piperidine rings is 1.